The van der Waals surface area contributed by atoms with Gasteiger partial charge in [-0.3, -0.25) is 0 Å². The number of carbonyl (C=O) groups is 1. The number of hydrogen-bond acceptors (Lipinski definition) is 3. The van der Waals surface area contributed by atoms with E-state index in [0.29, 0.717) is 18.3 Å². The monoisotopic (exact) mass is 251 g/mol. The second kappa shape index (κ2) is 6.05. The van der Waals surface area contributed by atoms with Crippen LogP contribution in [0.2, 0.25) is 0 Å². The standard InChI is InChI=1S/C14H21NO3/c1-10(11-5-3-2-4-6-11)15-8-13-7-12(9-18-13)14(16)17/h7,9-11,15H,2-6,8H2,1H3,(H,16,17). The van der Waals surface area contributed by atoms with E-state index < -0.39 is 5.97 Å². The topological polar surface area (TPSA) is 62.5 Å². The van der Waals surface area contributed by atoms with E-state index in [4.69, 9.17) is 9.52 Å². The second-order valence-corrected chi connectivity index (χ2v) is 5.17. The van der Waals surface area contributed by atoms with Gasteiger partial charge in [-0.25, -0.2) is 4.79 Å². The molecule has 0 bridgehead atoms. The maximum atomic E-state index is 10.7. The Kier molecular flexibility index (Phi) is 4.42. The molecule has 4 heteroatoms. The number of nitrogens with one attached hydrogen (secondary N) is 1. The summed E-state index contributed by atoms with van der Waals surface area (Å²) in [6, 6.07) is 2.05. The minimum Gasteiger partial charge on any atom is -0.478 e. The summed E-state index contributed by atoms with van der Waals surface area (Å²) in [5.41, 5.74) is 0.220. The van der Waals surface area contributed by atoms with Gasteiger partial charge in [-0.1, -0.05) is 19.3 Å². The Labute approximate surface area is 107 Å². The van der Waals surface area contributed by atoms with Crippen LogP contribution < -0.4 is 5.32 Å². The van der Waals surface area contributed by atoms with Crippen molar-refractivity contribution < 1.29 is 14.3 Å². The molecular weight excluding hydrogens is 230 g/mol. The highest BCUT2D eigenvalue weighted by Crippen LogP contribution is 2.26. The Morgan fingerprint density at radius 2 is 2.22 bits per heavy atom. The van der Waals surface area contributed by atoms with Crippen molar-refractivity contribution >= 4 is 5.97 Å². The first kappa shape index (κ1) is 13.1. The molecule has 100 valence electrons. The highest BCUT2D eigenvalue weighted by molar-refractivity contribution is 5.87. The van der Waals surface area contributed by atoms with Gasteiger partial charge in [0, 0.05) is 6.04 Å². The quantitative estimate of drug-likeness (QED) is 0.844. The number of hydrogen-bond donors (Lipinski definition) is 2. The molecular formula is C14H21NO3. The summed E-state index contributed by atoms with van der Waals surface area (Å²) in [4.78, 5) is 10.7. The third-order valence-electron chi connectivity index (χ3n) is 3.86. The van der Waals surface area contributed by atoms with Gasteiger partial charge in [0.25, 0.3) is 0 Å². The molecule has 1 fully saturated rings. The minimum atomic E-state index is -0.940. The van der Waals surface area contributed by atoms with E-state index in [1.54, 1.807) is 6.07 Å². The highest BCUT2D eigenvalue weighted by Gasteiger charge is 2.19. The van der Waals surface area contributed by atoms with Crippen molar-refractivity contribution in [2.75, 3.05) is 0 Å². The Bertz CT molecular complexity index is 393. The molecule has 0 radical (unpaired) electrons. The van der Waals surface area contributed by atoms with E-state index in [1.165, 1.54) is 38.4 Å². The lowest BCUT2D eigenvalue weighted by molar-refractivity contribution is 0.0696. The van der Waals surface area contributed by atoms with Gasteiger partial charge in [0.1, 0.15) is 12.0 Å². The van der Waals surface area contributed by atoms with Gasteiger partial charge >= 0.3 is 5.97 Å². The summed E-state index contributed by atoms with van der Waals surface area (Å²) in [5.74, 6) is 0.494. The predicted molar refractivity (Wildman–Crippen MR) is 68.5 cm³/mol. The molecule has 0 spiro atoms. The molecule has 1 aromatic rings. The summed E-state index contributed by atoms with van der Waals surface area (Å²) >= 11 is 0. The number of rotatable bonds is 5. The van der Waals surface area contributed by atoms with E-state index in [-0.39, 0.29) is 5.56 Å². The first-order valence-corrected chi connectivity index (χ1v) is 6.71. The van der Waals surface area contributed by atoms with Gasteiger partial charge in [0.2, 0.25) is 0 Å². The Morgan fingerprint density at radius 1 is 1.50 bits per heavy atom. The van der Waals surface area contributed by atoms with Gasteiger partial charge in [-0.05, 0) is 31.7 Å². The predicted octanol–water partition coefficient (Wildman–Crippen LogP) is 3.04. The van der Waals surface area contributed by atoms with Crippen molar-refractivity contribution in [2.45, 2.75) is 51.6 Å². The zero-order chi connectivity index (χ0) is 13.0. The third kappa shape index (κ3) is 3.35. The normalized spacial score (nSPS) is 18.7. The maximum absolute atomic E-state index is 10.7. The zero-order valence-corrected chi connectivity index (χ0v) is 10.8. The van der Waals surface area contributed by atoms with E-state index in [1.807, 2.05) is 0 Å². The number of aromatic carboxylic acids is 1. The summed E-state index contributed by atoms with van der Waals surface area (Å²) in [5, 5.41) is 12.2. The fraction of sp³-hybridized carbons (Fsp3) is 0.643. The molecule has 1 unspecified atom stereocenters. The van der Waals surface area contributed by atoms with Crippen molar-refractivity contribution in [3.05, 3.63) is 23.7 Å². The second-order valence-electron chi connectivity index (χ2n) is 5.17. The van der Waals surface area contributed by atoms with Crippen LogP contribution in [0.4, 0.5) is 0 Å². The van der Waals surface area contributed by atoms with Crippen LogP contribution in [0.25, 0.3) is 0 Å². The van der Waals surface area contributed by atoms with Crippen LogP contribution in [-0.2, 0) is 6.54 Å². The molecule has 0 saturated heterocycles. The Hall–Kier alpha value is -1.29. The number of carboxylic acids is 1. The fourth-order valence-electron chi connectivity index (χ4n) is 2.65. The zero-order valence-electron chi connectivity index (χ0n) is 10.8. The molecule has 2 rings (SSSR count). The lowest BCUT2D eigenvalue weighted by Crippen LogP contribution is -2.34. The van der Waals surface area contributed by atoms with Gasteiger partial charge in [0.15, 0.2) is 0 Å². The van der Waals surface area contributed by atoms with Crippen molar-refractivity contribution in [3.63, 3.8) is 0 Å². The van der Waals surface area contributed by atoms with Crippen molar-refractivity contribution in [1.82, 2.24) is 5.32 Å². The van der Waals surface area contributed by atoms with Gasteiger partial charge in [0.05, 0.1) is 12.1 Å². The van der Waals surface area contributed by atoms with Gasteiger partial charge < -0.3 is 14.8 Å². The highest BCUT2D eigenvalue weighted by atomic mass is 16.4. The largest absolute Gasteiger partial charge is 0.478 e. The van der Waals surface area contributed by atoms with Crippen molar-refractivity contribution in [1.29, 1.82) is 0 Å². The molecule has 4 nitrogen and oxygen atoms in total. The summed E-state index contributed by atoms with van der Waals surface area (Å²) in [6.45, 7) is 2.81. The molecule has 2 N–H and O–H groups in total. The Morgan fingerprint density at radius 3 is 2.83 bits per heavy atom. The van der Waals surface area contributed by atoms with Crippen LogP contribution in [0.1, 0.15) is 55.1 Å². The maximum Gasteiger partial charge on any atom is 0.338 e. The summed E-state index contributed by atoms with van der Waals surface area (Å²) < 4.78 is 5.22. The Balaban J connectivity index is 1.80. The first-order valence-electron chi connectivity index (χ1n) is 6.71. The minimum absolute atomic E-state index is 0.220. The lowest BCUT2D eigenvalue weighted by atomic mass is 9.84. The average Bonchev–Trinajstić information content (AvgIpc) is 2.86. The third-order valence-corrected chi connectivity index (χ3v) is 3.86. The molecule has 18 heavy (non-hydrogen) atoms. The van der Waals surface area contributed by atoms with Crippen LogP contribution in [0.15, 0.2) is 16.7 Å². The van der Waals surface area contributed by atoms with Crippen molar-refractivity contribution in [3.8, 4) is 0 Å². The number of furan rings is 1. The molecule has 0 aliphatic heterocycles. The van der Waals surface area contributed by atoms with E-state index in [0.717, 1.165) is 5.92 Å². The van der Waals surface area contributed by atoms with Crippen LogP contribution in [0.5, 0.6) is 0 Å². The van der Waals surface area contributed by atoms with Gasteiger partial charge in [-0.2, -0.15) is 0 Å². The van der Waals surface area contributed by atoms with E-state index in [2.05, 4.69) is 12.2 Å². The molecule has 1 heterocycles. The van der Waals surface area contributed by atoms with Crippen LogP contribution in [0, 0.1) is 5.92 Å². The van der Waals surface area contributed by atoms with Gasteiger partial charge in [-0.15, -0.1) is 0 Å². The molecule has 1 aliphatic rings. The van der Waals surface area contributed by atoms with Crippen LogP contribution in [-0.4, -0.2) is 17.1 Å². The molecule has 0 amide bonds. The summed E-state index contributed by atoms with van der Waals surface area (Å²) in [6.07, 6.45) is 7.93. The molecule has 1 saturated carbocycles. The van der Waals surface area contributed by atoms with Crippen molar-refractivity contribution in [2.24, 2.45) is 5.92 Å². The number of carboxylic acid groups (broad SMARTS) is 1. The summed E-state index contributed by atoms with van der Waals surface area (Å²) in [7, 11) is 0. The molecule has 1 atom stereocenters. The van der Waals surface area contributed by atoms with Crippen LogP contribution in [0.3, 0.4) is 0 Å². The van der Waals surface area contributed by atoms with E-state index >= 15 is 0 Å². The lowest BCUT2D eigenvalue weighted by Gasteiger charge is -2.28. The van der Waals surface area contributed by atoms with E-state index in [9.17, 15) is 4.79 Å². The molecule has 1 aromatic heterocycles. The fourth-order valence-corrected chi connectivity index (χ4v) is 2.65. The smallest absolute Gasteiger partial charge is 0.338 e. The SMILES string of the molecule is CC(NCc1cc(C(=O)O)co1)C1CCCCC1. The average molecular weight is 251 g/mol. The molecule has 0 aromatic carbocycles. The van der Waals surface area contributed by atoms with Crippen LogP contribution >= 0.6 is 0 Å². The molecule has 1 aliphatic carbocycles. The first-order chi connectivity index (χ1) is 8.66.